The predicted octanol–water partition coefficient (Wildman–Crippen LogP) is 3.04. The summed E-state index contributed by atoms with van der Waals surface area (Å²) in [6.45, 7) is 3.72. The molecule has 6 nitrogen and oxygen atoms in total. The third-order valence-electron chi connectivity index (χ3n) is 4.54. The van der Waals surface area contributed by atoms with E-state index in [2.05, 4.69) is 4.99 Å². The highest BCUT2D eigenvalue weighted by Crippen LogP contribution is 2.31. The first-order chi connectivity index (χ1) is 14.0. The molecule has 0 saturated heterocycles. The first-order valence-corrected chi connectivity index (χ1v) is 10.2. The molecule has 0 fully saturated rings. The molecular weight excluding hydrogens is 412 g/mol. The molecule has 0 amide bonds. The van der Waals surface area contributed by atoms with Crippen LogP contribution in [0.1, 0.15) is 31.0 Å². The fraction of sp³-hybridized carbons (Fsp3) is 0.190. The van der Waals surface area contributed by atoms with Crippen molar-refractivity contribution in [3.05, 3.63) is 90.0 Å². The standard InChI is InChI=1S/C21H17ClN2O4S/c1-3-28-20(26)17-12(2)23-21-24(18(17)14-4-6-15(22)7-5-14)19(25)16(29-21)10-13-8-9-27-11-13/h4-11,18H,3H2,1-2H3/b16-10+/t18-/m1/s1. The highest BCUT2D eigenvalue weighted by molar-refractivity contribution is 7.07. The Morgan fingerprint density at radius 3 is 2.76 bits per heavy atom. The number of benzene rings is 1. The van der Waals surface area contributed by atoms with Gasteiger partial charge in [0.25, 0.3) is 5.56 Å². The number of furan rings is 1. The number of nitrogens with zero attached hydrogens (tertiary/aromatic N) is 2. The van der Waals surface area contributed by atoms with E-state index in [4.69, 9.17) is 20.8 Å². The molecular formula is C21H17ClN2O4S. The van der Waals surface area contributed by atoms with E-state index in [0.29, 0.717) is 25.6 Å². The summed E-state index contributed by atoms with van der Waals surface area (Å²) >= 11 is 7.31. The zero-order chi connectivity index (χ0) is 20.5. The minimum Gasteiger partial charge on any atom is -0.472 e. The lowest BCUT2D eigenvalue weighted by Crippen LogP contribution is -2.39. The number of rotatable bonds is 4. The van der Waals surface area contributed by atoms with E-state index in [1.54, 1.807) is 67.3 Å². The van der Waals surface area contributed by atoms with Crippen molar-refractivity contribution in [2.75, 3.05) is 6.61 Å². The predicted molar refractivity (Wildman–Crippen MR) is 111 cm³/mol. The molecule has 0 saturated carbocycles. The summed E-state index contributed by atoms with van der Waals surface area (Å²) in [5, 5.41) is 0.569. The van der Waals surface area contributed by atoms with E-state index < -0.39 is 12.0 Å². The Labute approximate surface area is 175 Å². The molecule has 0 radical (unpaired) electrons. The van der Waals surface area contributed by atoms with Gasteiger partial charge in [-0.25, -0.2) is 9.79 Å². The number of carbonyl (C=O) groups excluding carboxylic acids is 1. The van der Waals surface area contributed by atoms with Crippen molar-refractivity contribution < 1.29 is 13.9 Å². The summed E-state index contributed by atoms with van der Waals surface area (Å²) in [6, 6.07) is 8.20. The Morgan fingerprint density at radius 2 is 2.10 bits per heavy atom. The second-order valence-corrected chi connectivity index (χ2v) is 7.86. The Kier molecular flexibility index (Phi) is 5.25. The molecule has 1 aliphatic heterocycles. The van der Waals surface area contributed by atoms with Crippen LogP contribution in [0.5, 0.6) is 0 Å². The average molecular weight is 429 g/mol. The van der Waals surface area contributed by atoms with Crippen LogP contribution in [-0.4, -0.2) is 17.1 Å². The molecule has 0 bridgehead atoms. The second kappa shape index (κ2) is 7.85. The Morgan fingerprint density at radius 1 is 1.34 bits per heavy atom. The van der Waals surface area contributed by atoms with Crippen LogP contribution in [0.15, 0.2) is 68.3 Å². The molecule has 0 spiro atoms. The van der Waals surface area contributed by atoms with Crippen molar-refractivity contribution in [1.82, 2.24) is 4.57 Å². The smallest absolute Gasteiger partial charge is 0.338 e. The molecule has 0 N–H and O–H groups in total. The third kappa shape index (κ3) is 3.59. The average Bonchev–Trinajstić information content (AvgIpc) is 3.30. The molecule has 3 aromatic rings. The van der Waals surface area contributed by atoms with Crippen molar-refractivity contribution in [2.45, 2.75) is 19.9 Å². The van der Waals surface area contributed by atoms with Gasteiger partial charge >= 0.3 is 5.97 Å². The lowest BCUT2D eigenvalue weighted by molar-refractivity contribution is -0.139. The Bertz CT molecular complexity index is 1270. The number of esters is 1. The van der Waals surface area contributed by atoms with Crippen LogP contribution in [0, 0.1) is 0 Å². The summed E-state index contributed by atoms with van der Waals surface area (Å²) in [6.07, 6.45) is 4.85. The molecule has 4 rings (SSSR count). The van der Waals surface area contributed by atoms with Crippen molar-refractivity contribution in [3.63, 3.8) is 0 Å². The number of halogens is 1. The monoisotopic (exact) mass is 428 g/mol. The maximum atomic E-state index is 13.3. The zero-order valence-corrected chi connectivity index (χ0v) is 17.3. The molecule has 0 aliphatic carbocycles. The lowest BCUT2D eigenvalue weighted by atomic mass is 9.96. The SMILES string of the molecule is CCOC(=O)C1=C(C)N=c2s/c(=C/c3ccoc3)c(=O)n2[C@@H]1c1ccc(Cl)cc1. The van der Waals surface area contributed by atoms with E-state index in [9.17, 15) is 9.59 Å². The number of allylic oxidation sites excluding steroid dienone is 1. The fourth-order valence-corrected chi connectivity index (χ4v) is 4.43. The van der Waals surface area contributed by atoms with E-state index >= 15 is 0 Å². The van der Waals surface area contributed by atoms with Crippen LogP contribution < -0.4 is 14.9 Å². The van der Waals surface area contributed by atoms with Crippen LogP contribution in [0.4, 0.5) is 0 Å². The number of hydrogen-bond donors (Lipinski definition) is 0. The van der Waals surface area contributed by atoms with Crippen molar-refractivity contribution >= 4 is 35.0 Å². The van der Waals surface area contributed by atoms with E-state index in [-0.39, 0.29) is 12.2 Å². The van der Waals surface area contributed by atoms with Gasteiger partial charge < -0.3 is 9.15 Å². The zero-order valence-electron chi connectivity index (χ0n) is 15.7. The third-order valence-corrected chi connectivity index (χ3v) is 5.78. The lowest BCUT2D eigenvalue weighted by Gasteiger charge is -2.24. The summed E-state index contributed by atoms with van der Waals surface area (Å²) in [7, 11) is 0. The number of ether oxygens (including phenoxy) is 1. The topological polar surface area (TPSA) is 73.8 Å². The molecule has 1 aliphatic rings. The van der Waals surface area contributed by atoms with Gasteiger partial charge in [-0.1, -0.05) is 35.1 Å². The van der Waals surface area contributed by atoms with E-state index in [0.717, 1.165) is 11.1 Å². The quantitative estimate of drug-likeness (QED) is 0.599. The first-order valence-electron chi connectivity index (χ1n) is 8.97. The molecule has 148 valence electrons. The van der Waals surface area contributed by atoms with Crippen LogP contribution in [-0.2, 0) is 9.53 Å². The van der Waals surface area contributed by atoms with Gasteiger partial charge in [0.2, 0.25) is 0 Å². The first kappa shape index (κ1) is 19.4. The maximum absolute atomic E-state index is 13.3. The number of hydrogen-bond acceptors (Lipinski definition) is 6. The number of fused-ring (bicyclic) bond motifs is 1. The highest BCUT2D eigenvalue weighted by atomic mass is 35.5. The minimum atomic E-state index is -0.644. The largest absolute Gasteiger partial charge is 0.472 e. The highest BCUT2D eigenvalue weighted by Gasteiger charge is 2.33. The van der Waals surface area contributed by atoms with Crippen molar-refractivity contribution in [3.8, 4) is 0 Å². The van der Waals surface area contributed by atoms with Gasteiger partial charge in [-0.15, -0.1) is 0 Å². The molecule has 1 atom stereocenters. The van der Waals surface area contributed by atoms with Gasteiger partial charge in [0.1, 0.15) is 0 Å². The maximum Gasteiger partial charge on any atom is 0.338 e. The number of carbonyl (C=O) groups is 1. The van der Waals surface area contributed by atoms with Crippen LogP contribution in [0.2, 0.25) is 5.02 Å². The second-order valence-electron chi connectivity index (χ2n) is 6.41. The Hall–Kier alpha value is -2.90. The van der Waals surface area contributed by atoms with Gasteiger partial charge in [0.15, 0.2) is 4.80 Å². The fourth-order valence-electron chi connectivity index (χ4n) is 3.26. The normalized spacial score (nSPS) is 16.5. The summed E-state index contributed by atoms with van der Waals surface area (Å²) in [5.41, 5.74) is 2.17. The molecule has 1 aromatic carbocycles. The van der Waals surface area contributed by atoms with Gasteiger partial charge in [-0.05, 0) is 43.7 Å². The molecule has 8 heteroatoms. The molecule has 3 heterocycles. The van der Waals surface area contributed by atoms with Gasteiger partial charge in [-0.3, -0.25) is 9.36 Å². The van der Waals surface area contributed by atoms with Crippen LogP contribution in [0.25, 0.3) is 6.08 Å². The Balaban J connectivity index is 1.97. The molecule has 29 heavy (non-hydrogen) atoms. The van der Waals surface area contributed by atoms with Gasteiger partial charge in [0.05, 0.1) is 41.0 Å². The minimum absolute atomic E-state index is 0.230. The number of thiazole rings is 1. The molecule has 2 aromatic heterocycles. The van der Waals surface area contributed by atoms with Crippen LogP contribution >= 0.6 is 22.9 Å². The summed E-state index contributed by atoms with van der Waals surface area (Å²) in [4.78, 5) is 31.1. The summed E-state index contributed by atoms with van der Waals surface area (Å²) in [5.74, 6) is -0.488. The van der Waals surface area contributed by atoms with Gasteiger partial charge in [-0.2, -0.15) is 0 Å². The van der Waals surface area contributed by atoms with Gasteiger partial charge in [0, 0.05) is 10.6 Å². The van der Waals surface area contributed by atoms with Crippen molar-refractivity contribution in [1.29, 1.82) is 0 Å². The number of aromatic nitrogens is 1. The van der Waals surface area contributed by atoms with E-state index in [1.807, 2.05) is 0 Å². The molecule has 0 unspecified atom stereocenters. The van der Waals surface area contributed by atoms with E-state index in [1.165, 1.54) is 11.3 Å². The van der Waals surface area contributed by atoms with Crippen molar-refractivity contribution in [2.24, 2.45) is 4.99 Å². The summed E-state index contributed by atoms with van der Waals surface area (Å²) < 4.78 is 12.4. The van der Waals surface area contributed by atoms with Crippen LogP contribution in [0.3, 0.4) is 0 Å².